The summed E-state index contributed by atoms with van der Waals surface area (Å²) in [5, 5.41) is 6.65. The SMILES string of the molecule is CCCc1csc(C(C)(C)CNC)n1. The zero-order valence-electron chi connectivity index (χ0n) is 9.55. The van der Waals surface area contributed by atoms with E-state index in [0.717, 1.165) is 13.0 Å². The van der Waals surface area contributed by atoms with Crippen molar-refractivity contribution in [2.45, 2.75) is 39.0 Å². The lowest BCUT2D eigenvalue weighted by atomic mass is 9.94. The summed E-state index contributed by atoms with van der Waals surface area (Å²) in [4.78, 5) is 4.67. The van der Waals surface area contributed by atoms with Gasteiger partial charge in [-0.05, 0) is 13.5 Å². The predicted molar refractivity (Wildman–Crippen MR) is 63.1 cm³/mol. The molecular weight excluding hydrogens is 192 g/mol. The molecule has 0 aliphatic heterocycles. The molecule has 0 fully saturated rings. The number of hydrogen-bond acceptors (Lipinski definition) is 3. The molecule has 14 heavy (non-hydrogen) atoms. The van der Waals surface area contributed by atoms with E-state index in [4.69, 9.17) is 0 Å². The zero-order chi connectivity index (χ0) is 10.6. The highest BCUT2D eigenvalue weighted by atomic mass is 32.1. The van der Waals surface area contributed by atoms with Crippen molar-refractivity contribution in [2.75, 3.05) is 13.6 Å². The molecule has 0 amide bonds. The van der Waals surface area contributed by atoms with Crippen LogP contribution in [0.5, 0.6) is 0 Å². The molecule has 0 aliphatic carbocycles. The van der Waals surface area contributed by atoms with E-state index in [1.54, 1.807) is 11.3 Å². The van der Waals surface area contributed by atoms with Crippen LogP contribution >= 0.6 is 11.3 Å². The number of aryl methyl sites for hydroxylation is 1. The predicted octanol–water partition coefficient (Wildman–Crippen LogP) is 2.59. The van der Waals surface area contributed by atoms with Gasteiger partial charge in [-0.3, -0.25) is 0 Å². The Labute approximate surface area is 90.8 Å². The summed E-state index contributed by atoms with van der Waals surface area (Å²) in [5.74, 6) is 0. The number of rotatable bonds is 5. The maximum absolute atomic E-state index is 4.67. The van der Waals surface area contributed by atoms with E-state index < -0.39 is 0 Å². The first kappa shape index (κ1) is 11.7. The molecule has 0 saturated carbocycles. The Morgan fingerprint density at radius 3 is 2.79 bits per heavy atom. The monoisotopic (exact) mass is 212 g/mol. The van der Waals surface area contributed by atoms with Crippen LogP contribution in [0.4, 0.5) is 0 Å². The molecule has 3 heteroatoms. The summed E-state index contributed by atoms with van der Waals surface area (Å²) < 4.78 is 0. The Balaban J connectivity index is 2.74. The number of nitrogens with zero attached hydrogens (tertiary/aromatic N) is 1. The van der Waals surface area contributed by atoms with Crippen molar-refractivity contribution in [1.82, 2.24) is 10.3 Å². The maximum Gasteiger partial charge on any atom is 0.0997 e. The summed E-state index contributed by atoms with van der Waals surface area (Å²) >= 11 is 1.79. The lowest BCUT2D eigenvalue weighted by molar-refractivity contribution is 0.490. The van der Waals surface area contributed by atoms with Gasteiger partial charge < -0.3 is 5.32 Å². The summed E-state index contributed by atoms with van der Waals surface area (Å²) in [6, 6.07) is 0. The van der Waals surface area contributed by atoms with Crippen LogP contribution in [0.25, 0.3) is 0 Å². The first-order valence-corrected chi connectivity index (χ1v) is 6.07. The molecule has 0 aromatic carbocycles. The third kappa shape index (κ3) is 2.79. The number of hydrogen-bond donors (Lipinski definition) is 1. The van der Waals surface area contributed by atoms with Crippen molar-refractivity contribution in [2.24, 2.45) is 0 Å². The van der Waals surface area contributed by atoms with Gasteiger partial charge in [0.25, 0.3) is 0 Å². The molecule has 0 bridgehead atoms. The van der Waals surface area contributed by atoms with Gasteiger partial charge in [-0.2, -0.15) is 0 Å². The van der Waals surface area contributed by atoms with Crippen LogP contribution in [-0.4, -0.2) is 18.6 Å². The van der Waals surface area contributed by atoms with Gasteiger partial charge in [-0.1, -0.05) is 27.2 Å². The highest BCUT2D eigenvalue weighted by Gasteiger charge is 2.23. The summed E-state index contributed by atoms with van der Waals surface area (Å²) in [6.07, 6.45) is 2.28. The van der Waals surface area contributed by atoms with Gasteiger partial charge in [0.05, 0.1) is 10.7 Å². The van der Waals surface area contributed by atoms with E-state index in [9.17, 15) is 0 Å². The molecule has 2 nitrogen and oxygen atoms in total. The van der Waals surface area contributed by atoms with Crippen LogP contribution < -0.4 is 5.32 Å². The lowest BCUT2D eigenvalue weighted by Crippen LogP contribution is -2.30. The minimum atomic E-state index is 0.158. The minimum Gasteiger partial charge on any atom is -0.319 e. The van der Waals surface area contributed by atoms with E-state index in [1.807, 2.05) is 7.05 Å². The van der Waals surface area contributed by atoms with Crippen molar-refractivity contribution < 1.29 is 0 Å². The van der Waals surface area contributed by atoms with Crippen molar-refractivity contribution in [3.63, 3.8) is 0 Å². The average molecular weight is 212 g/mol. The fourth-order valence-corrected chi connectivity index (χ4v) is 2.49. The van der Waals surface area contributed by atoms with Crippen molar-refractivity contribution in [1.29, 1.82) is 0 Å². The van der Waals surface area contributed by atoms with E-state index in [-0.39, 0.29) is 5.41 Å². The zero-order valence-corrected chi connectivity index (χ0v) is 10.4. The molecule has 0 aliphatic rings. The molecule has 0 spiro atoms. The molecule has 1 rings (SSSR count). The number of likely N-dealkylation sites (N-methyl/N-ethyl adjacent to an activating group) is 1. The topological polar surface area (TPSA) is 24.9 Å². The molecule has 1 N–H and O–H groups in total. The van der Waals surface area contributed by atoms with Gasteiger partial charge in [-0.15, -0.1) is 11.3 Å². The second kappa shape index (κ2) is 4.89. The lowest BCUT2D eigenvalue weighted by Gasteiger charge is -2.20. The Morgan fingerprint density at radius 2 is 2.21 bits per heavy atom. The van der Waals surface area contributed by atoms with Crippen LogP contribution in [0.15, 0.2) is 5.38 Å². The van der Waals surface area contributed by atoms with Gasteiger partial charge in [0, 0.05) is 17.3 Å². The van der Waals surface area contributed by atoms with Crippen LogP contribution in [-0.2, 0) is 11.8 Å². The Bertz CT molecular complexity index is 279. The average Bonchev–Trinajstić information content (AvgIpc) is 2.54. The highest BCUT2D eigenvalue weighted by Crippen LogP contribution is 2.26. The van der Waals surface area contributed by atoms with E-state index >= 15 is 0 Å². The molecule has 1 aromatic rings. The molecule has 0 unspecified atom stereocenters. The molecule has 0 saturated heterocycles. The maximum atomic E-state index is 4.67. The Kier molecular flexibility index (Phi) is 4.08. The third-order valence-corrected chi connectivity index (χ3v) is 3.51. The Morgan fingerprint density at radius 1 is 1.50 bits per heavy atom. The van der Waals surface area contributed by atoms with E-state index in [2.05, 4.69) is 36.5 Å². The standard InChI is InChI=1S/C11H20N2S/c1-5-6-9-7-14-10(13-9)11(2,3)8-12-4/h7,12H,5-6,8H2,1-4H3. The van der Waals surface area contributed by atoms with Crippen LogP contribution in [0.2, 0.25) is 0 Å². The largest absolute Gasteiger partial charge is 0.319 e. The smallest absolute Gasteiger partial charge is 0.0997 e. The van der Waals surface area contributed by atoms with Crippen molar-refractivity contribution in [3.05, 3.63) is 16.1 Å². The Hall–Kier alpha value is -0.410. The van der Waals surface area contributed by atoms with Gasteiger partial charge in [-0.25, -0.2) is 4.98 Å². The molecular formula is C11H20N2S. The highest BCUT2D eigenvalue weighted by molar-refractivity contribution is 7.09. The molecule has 1 heterocycles. The first-order chi connectivity index (χ1) is 6.60. The third-order valence-electron chi connectivity index (χ3n) is 2.26. The normalized spacial score (nSPS) is 12.0. The molecule has 0 atom stereocenters. The summed E-state index contributed by atoms with van der Waals surface area (Å²) in [5.41, 5.74) is 1.41. The number of thiazole rings is 1. The molecule has 1 aromatic heterocycles. The van der Waals surface area contributed by atoms with Crippen molar-refractivity contribution >= 4 is 11.3 Å². The fraction of sp³-hybridized carbons (Fsp3) is 0.727. The van der Waals surface area contributed by atoms with E-state index in [0.29, 0.717) is 0 Å². The minimum absolute atomic E-state index is 0.158. The van der Waals surface area contributed by atoms with Crippen LogP contribution in [0, 0.1) is 0 Å². The van der Waals surface area contributed by atoms with Crippen molar-refractivity contribution in [3.8, 4) is 0 Å². The van der Waals surface area contributed by atoms with Gasteiger partial charge in [0.2, 0.25) is 0 Å². The molecule has 0 radical (unpaired) electrons. The summed E-state index contributed by atoms with van der Waals surface area (Å²) in [6.45, 7) is 7.64. The second-order valence-electron chi connectivity index (χ2n) is 4.31. The van der Waals surface area contributed by atoms with Gasteiger partial charge in [0.15, 0.2) is 0 Å². The van der Waals surface area contributed by atoms with Gasteiger partial charge >= 0.3 is 0 Å². The van der Waals surface area contributed by atoms with E-state index in [1.165, 1.54) is 17.1 Å². The first-order valence-electron chi connectivity index (χ1n) is 5.19. The number of nitrogens with one attached hydrogen (secondary N) is 1. The second-order valence-corrected chi connectivity index (χ2v) is 5.17. The fourth-order valence-electron chi connectivity index (χ4n) is 1.51. The quantitative estimate of drug-likeness (QED) is 0.811. The number of aromatic nitrogens is 1. The van der Waals surface area contributed by atoms with Crippen LogP contribution in [0.3, 0.4) is 0 Å². The summed E-state index contributed by atoms with van der Waals surface area (Å²) in [7, 11) is 1.99. The van der Waals surface area contributed by atoms with Gasteiger partial charge in [0.1, 0.15) is 0 Å². The molecule has 80 valence electrons. The van der Waals surface area contributed by atoms with Crippen LogP contribution in [0.1, 0.15) is 37.9 Å².